The number of hydrogen-bond donors (Lipinski definition) is 1. The minimum Gasteiger partial charge on any atom is -0.310 e. The quantitative estimate of drug-likeness (QED) is 0.829. The van der Waals surface area contributed by atoms with Gasteiger partial charge in [0.25, 0.3) is 0 Å². The maximum absolute atomic E-state index is 13.4. The van der Waals surface area contributed by atoms with Crippen molar-refractivity contribution in [3.8, 4) is 6.07 Å². The predicted molar refractivity (Wildman–Crippen MR) is 60.9 cm³/mol. The number of carbonyl (C=O) groups is 1. The average Bonchev–Trinajstić information content (AvgIpc) is 2.70. The molecule has 4 nitrogen and oxygen atoms in total. The number of benzene rings is 1. The van der Waals surface area contributed by atoms with Crippen LogP contribution >= 0.6 is 0 Å². The summed E-state index contributed by atoms with van der Waals surface area (Å²) in [6.07, 6.45) is 0.663. The summed E-state index contributed by atoms with van der Waals surface area (Å²) >= 11 is 0. The molecular formula is C12H12FN3O. The van der Waals surface area contributed by atoms with Crippen molar-refractivity contribution in [1.29, 1.82) is 5.26 Å². The summed E-state index contributed by atoms with van der Waals surface area (Å²) in [4.78, 5) is 13.4. The first-order valence-electron chi connectivity index (χ1n) is 5.36. The molecule has 0 spiro atoms. The third-order valence-electron chi connectivity index (χ3n) is 2.95. The van der Waals surface area contributed by atoms with Crippen LogP contribution in [0.1, 0.15) is 12.0 Å². The van der Waals surface area contributed by atoms with E-state index in [2.05, 4.69) is 5.32 Å². The molecule has 5 heteroatoms. The van der Waals surface area contributed by atoms with Crippen LogP contribution in [-0.4, -0.2) is 25.5 Å². The van der Waals surface area contributed by atoms with Crippen LogP contribution in [0.25, 0.3) is 0 Å². The molecule has 1 unspecified atom stereocenters. The number of nitrogens with zero attached hydrogens (tertiary/aromatic N) is 2. The molecule has 0 aromatic heterocycles. The molecule has 17 heavy (non-hydrogen) atoms. The molecule has 1 atom stereocenters. The number of carbonyl (C=O) groups excluding carboxylic acids is 1. The van der Waals surface area contributed by atoms with Crippen LogP contribution in [0.4, 0.5) is 10.1 Å². The minimum atomic E-state index is -0.592. The van der Waals surface area contributed by atoms with Crippen LogP contribution in [0, 0.1) is 17.1 Å². The summed E-state index contributed by atoms with van der Waals surface area (Å²) in [5, 5.41) is 11.8. The SMILES string of the molecule is CNC1CCN(c2cccc(F)c2C#N)C1=O. The van der Waals surface area contributed by atoms with Gasteiger partial charge in [0.15, 0.2) is 0 Å². The van der Waals surface area contributed by atoms with Crippen LogP contribution in [0.2, 0.25) is 0 Å². The molecule has 1 aliphatic rings. The number of hydrogen-bond acceptors (Lipinski definition) is 3. The van der Waals surface area contributed by atoms with Gasteiger partial charge in [-0.3, -0.25) is 4.79 Å². The van der Waals surface area contributed by atoms with E-state index in [1.807, 2.05) is 0 Å². The second-order valence-electron chi connectivity index (χ2n) is 3.87. The summed E-state index contributed by atoms with van der Waals surface area (Å²) in [6.45, 7) is 0.502. The fourth-order valence-electron chi connectivity index (χ4n) is 2.04. The summed E-state index contributed by atoms with van der Waals surface area (Å²) < 4.78 is 13.4. The highest BCUT2D eigenvalue weighted by Gasteiger charge is 2.32. The third-order valence-corrected chi connectivity index (χ3v) is 2.95. The van der Waals surface area contributed by atoms with Gasteiger partial charge >= 0.3 is 0 Å². The monoisotopic (exact) mass is 233 g/mol. The standard InChI is InChI=1S/C12H12FN3O/c1-15-10-5-6-16(12(10)17)11-4-2-3-9(13)8(11)7-14/h2-4,10,15H,5-6H2,1H3. The fourth-order valence-corrected chi connectivity index (χ4v) is 2.04. The van der Waals surface area contributed by atoms with Gasteiger partial charge in [-0.1, -0.05) is 6.07 Å². The summed E-state index contributed by atoms with van der Waals surface area (Å²) in [5.74, 6) is -0.708. The Morgan fingerprint density at radius 3 is 2.94 bits per heavy atom. The lowest BCUT2D eigenvalue weighted by Crippen LogP contribution is -2.36. The molecule has 0 saturated carbocycles. The van der Waals surface area contributed by atoms with Gasteiger partial charge in [-0.15, -0.1) is 0 Å². The number of nitriles is 1. The van der Waals surface area contributed by atoms with Gasteiger partial charge in [-0.05, 0) is 25.6 Å². The molecule has 2 rings (SSSR count). The van der Waals surface area contributed by atoms with Crippen molar-refractivity contribution in [2.75, 3.05) is 18.5 Å². The Bertz CT molecular complexity index is 495. The second-order valence-corrected chi connectivity index (χ2v) is 3.87. The molecule has 1 aliphatic heterocycles. The lowest BCUT2D eigenvalue weighted by Gasteiger charge is -2.18. The fraction of sp³-hybridized carbons (Fsp3) is 0.333. The van der Waals surface area contributed by atoms with E-state index in [0.29, 0.717) is 18.7 Å². The molecule has 0 radical (unpaired) electrons. The van der Waals surface area contributed by atoms with Crippen molar-refractivity contribution in [1.82, 2.24) is 5.32 Å². The van der Waals surface area contributed by atoms with E-state index >= 15 is 0 Å². The van der Waals surface area contributed by atoms with Gasteiger partial charge in [-0.2, -0.15) is 5.26 Å². The van der Waals surface area contributed by atoms with Crippen LogP contribution in [0.15, 0.2) is 18.2 Å². The summed E-state index contributed by atoms with van der Waals surface area (Å²) in [6, 6.07) is 5.88. The van der Waals surface area contributed by atoms with E-state index in [1.165, 1.54) is 17.0 Å². The maximum atomic E-state index is 13.4. The highest BCUT2D eigenvalue weighted by Crippen LogP contribution is 2.26. The molecule has 1 aromatic carbocycles. The zero-order chi connectivity index (χ0) is 12.4. The van der Waals surface area contributed by atoms with E-state index < -0.39 is 5.82 Å². The van der Waals surface area contributed by atoms with Gasteiger partial charge in [0.2, 0.25) is 5.91 Å². The van der Waals surface area contributed by atoms with Crippen LogP contribution in [0.3, 0.4) is 0 Å². The van der Waals surface area contributed by atoms with Gasteiger partial charge in [0, 0.05) is 6.54 Å². The molecule has 88 valence electrons. The van der Waals surface area contributed by atoms with E-state index in [1.54, 1.807) is 19.2 Å². The van der Waals surface area contributed by atoms with Crippen LogP contribution < -0.4 is 10.2 Å². The van der Waals surface area contributed by atoms with E-state index in [0.717, 1.165) is 0 Å². The lowest BCUT2D eigenvalue weighted by molar-refractivity contribution is -0.118. The Morgan fingerprint density at radius 1 is 1.59 bits per heavy atom. The molecule has 1 amide bonds. The highest BCUT2D eigenvalue weighted by atomic mass is 19.1. The molecule has 1 heterocycles. The number of anilines is 1. The van der Waals surface area contributed by atoms with Crippen molar-refractivity contribution in [2.24, 2.45) is 0 Å². The average molecular weight is 233 g/mol. The molecule has 1 saturated heterocycles. The topological polar surface area (TPSA) is 56.1 Å². The van der Waals surface area contributed by atoms with Crippen molar-refractivity contribution in [2.45, 2.75) is 12.5 Å². The van der Waals surface area contributed by atoms with Crippen LogP contribution in [-0.2, 0) is 4.79 Å². The van der Waals surface area contributed by atoms with Gasteiger partial charge < -0.3 is 10.2 Å². The van der Waals surface area contributed by atoms with Gasteiger partial charge in [0.05, 0.1) is 11.7 Å². The number of rotatable bonds is 2. The smallest absolute Gasteiger partial charge is 0.244 e. The molecule has 0 aliphatic carbocycles. The Kier molecular flexibility index (Phi) is 3.07. The van der Waals surface area contributed by atoms with E-state index in [4.69, 9.17) is 5.26 Å². The number of likely N-dealkylation sites (N-methyl/N-ethyl adjacent to an activating group) is 1. The molecule has 1 fully saturated rings. The third kappa shape index (κ3) is 1.87. The number of amides is 1. The second kappa shape index (κ2) is 4.52. The number of halogens is 1. The van der Waals surface area contributed by atoms with Crippen molar-refractivity contribution < 1.29 is 9.18 Å². The van der Waals surface area contributed by atoms with Crippen molar-refractivity contribution >= 4 is 11.6 Å². The molecule has 1 N–H and O–H groups in total. The van der Waals surface area contributed by atoms with E-state index in [9.17, 15) is 9.18 Å². The van der Waals surface area contributed by atoms with Crippen molar-refractivity contribution in [3.05, 3.63) is 29.6 Å². The normalized spacial score (nSPS) is 19.5. The first-order chi connectivity index (χ1) is 8.19. The van der Waals surface area contributed by atoms with Gasteiger partial charge in [-0.25, -0.2) is 4.39 Å². The van der Waals surface area contributed by atoms with Gasteiger partial charge in [0.1, 0.15) is 17.4 Å². The van der Waals surface area contributed by atoms with E-state index in [-0.39, 0.29) is 17.5 Å². The first kappa shape index (κ1) is 11.6. The number of nitrogens with one attached hydrogen (secondary N) is 1. The zero-order valence-electron chi connectivity index (χ0n) is 9.40. The van der Waals surface area contributed by atoms with Crippen LogP contribution in [0.5, 0.6) is 0 Å². The predicted octanol–water partition coefficient (Wildman–Crippen LogP) is 1.02. The first-order valence-corrected chi connectivity index (χ1v) is 5.36. The van der Waals surface area contributed by atoms with Crippen molar-refractivity contribution in [3.63, 3.8) is 0 Å². The highest BCUT2D eigenvalue weighted by molar-refractivity contribution is 6.00. The largest absolute Gasteiger partial charge is 0.310 e. The summed E-state index contributed by atoms with van der Waals surface area (Å²) in [5.41, 5.74) is 0.285. The maximum Gasteiger partial charge on any atom is 0.244 e. The Labute approximate surface area is 98.6 Å². The molecule has 1 aromatic rings. The summed E-state index contributed by atoms with van der Waals surface area (Å²) in [7, 11) is 1.71. The molecule has 0 bridgehead atoms. The Morgan fingerprint density at radius 2 is 2.35 bits per heavy atom. The lowest BCUT2D eigenvalue weighted by atomic mass is 10.1. The minimum absolute atomic E-state index is 0.0717. The molecular weight excluding hydrogens is 221 g/mol. The Hall–Kier alpha value is -1.93. The Balaban J connectivity index is 2.40. The zero-order valence-corrected chi connectivity index (χ0v) is 9.40.